The molecule has 0 fully saturated rings. The van der Waals surface area contributed by atoms with Crippen molar-refractivity contribution in [1.82, 2.24) is 0 Å². The van der Waals surface area contributed by atoms with Crippen molar-refractivity contribution in [2.24, 2.45) is 17.2 Å². The van der Waals surface area contributed by atoms with E-state index in [-0.39, 0.29) is 0 Å². The van der Waals surface area contributed by atoms with Crippen molar-refractivity contribution in [3.63, 3.8) is 0 Å². The molecule has 0 aromatic rings. The van der Waals surface area contributed by atoms with Gasteiger partial charge in [-0.1, -0.05) is 96.5 Å². The van der Waals surface area contributed by atoms with Crippen molar-refractivity contribution < 1.29 is 0 Å². The van der Waals surface area contributed by atoms with E-state index in [2.05, 4.69) is 6.92 Å². The fraction of sp³-hybridized carbons (Fsp3) is 0.895. The molecule has 0 spiro atoms. The summed E-state index contributed by atoms with van der Waals surface area (Å²) in [6.45, 7) is 2.28. The lowest BCUT2D eigenvalue weighted by Gasteiger charge is -2.11. The van der Waals surface area contributed by atoms with E-state index in [1.165, 1.54) is 89.9 Å². The van der Waals surface area contributed by atoms with Gasteiger partial charge in [-0.15, -0.1) is 0 Å². The largest absolute Gasteiger partial charge is 0.298 e. The number of rotatable bonds is 16. The minimum absolute atomic E-state index is 1.03. The van der Waals surface area contributed by atoms with Crippen molar-refractivity contribution in [2.45, 2.75) is 109 Å². The molecule has 0 atom stereocenters. The van der Waals surface area contributed by atoms with E-state index >= 15 is 0 Å². The van der Waals surface area contributed by atoms with Gasteiger partial charge in [0.05, 0.1) is 0 Å². The molecule has 0 unspecified atom stereocenters. The fourth-order valence-corrected chi connectivity index (χ4v) is 2.74. The van der Waals surface area contributed by atoms with Gasteiger partial charge in [0.1, 0.15) is 5.79 Å². The van der Waals surface area contributed by atoms with Gasteiger partial charge in [-0.25, -0.2) is 0 Å². The molecule has 0 heterocycles. The van der Waals surface area contributed by atoms with E-state index in [4.69, 9.17) is 17.2 Å². The molecule has 0 saturated heterocycles. The van der Waals surface area contributed by atoms with E-state index in [0.717, 1.165) is 6.42 Å². The summed E-state index contributed by atoms with van der Waals surface area (Å²) in [4.78, 5) is 0. The van der Waals surface area contributed by atoms with Gasteiger partial charge in [0.2, 0.25) is 0 Å². The third-order valence-corrected chi connectivity index (χ3v) is 4.13. The summed E-state index contributed by atoms with van der Waals surface area (Å²) in [6.07, 6.45) is 24.2. The van der Waals surface area contributed by atoms with Crippen LogP contribution in [-0.2, 0) is 0 Å². The van der Waals surface area contributed by atoms with Crippen LogP contribution in [0.25, 0.3) is 0 Å². The van der Waals surface area contributed by atoms with Crippen LogP contribution >= 0.6 is 0 Å². The quantitative estimate of drug-likeness (QED) is 0.214. The molecule has 0 rings (SSSR count). The number of nitrogens with two attached hydrogens (primary N) is 3. The summed E-state index contributed by atoms with van der Waals surface area (Å²) in [7, 11) is 0. The first-order valence-electron chi connectivity index (χ1n) is 9.60. The highest BCUT2D eigenvalue weighted by Gasteiger charge is 2.03. The maximum Gasteiger partial charge on any atom is 0.135 e. The normalized spacial score (nSPS) is 12.4. The van der Waals surface area contributed by atoms with E-state index in [1.807, 2.05) is 6.08 Å². The van der Waals surface area contributed by atoms with Crippen LogP contribution in [-0.4, -0.2) is 5.79 Å². The molecule has 0 radical (unpaired) electrons. The Labute approximate surface area is 139 Å². The van der Waals surface area contributed by atoms with Crippen LogP contribution in [0, 0.1) is 0 Å². The van der Waals surface area contributed by atoms with Crippen molar-refractivity contribution in [1.29, 1.82) is 0 Å². The van der Waals surface area contributed by atoms with Crippen LogP contribution in [0.15, 0.2) is 12.2 Å². The van der Waals surface area contributed by atoms with Gasteiger partial charge in [0.15, 0.2) is 0 Å². The van der Waals surface area contributed by atoms with Crippen molar-refractivity contribution in [2.75, 3.05) is 0 Å². The number of hydrogen-bond donors (Lipinski definition) is 3. The first-order chi connectivity index (χ1) is 10.6. The smallest absolute Gasteiger partial charge is 0.135 e. The highest BCUT2D eigenvalue weighted by molar-refractivity contribution is 4.96. The number of unbranched alkanes of at least 4 members (excludes halogenated alkanes) is 14. The second-order valence-corrected chi connectivity index (χ2v) is 6.79. The van der Waals surface area contributed by atoms with Crippen LogP contribution in [0.2, 0.25) is 0 Å². The zero-order valence-electron chi connectivity index (χ0n) is 15.0. The minimum atomic E-state index is -1.14. The van der Waals surface area contributed by atoms with Crippen LogP contribution in [0.3, 0.4) is 0 Å². The zero-order chi connectivity index (χ0) is 16.5. The molecule has 0 aromatic heterocycles. The summed E-state index contributed by atoms with van der Waals surface area (Å²) in [6, 6.07) is 0. The van der Waals surface area contributed by atoms with Crippen molar-refractivity contribution >= 4 is 0 Å². The highest BCUT2D eigenvalue weighted by atomic mass is 15.1. The fourth-order valence-electron chi connectivity index (χ4n) is 2.74. The Morgan fingerprint density at radius 1 is 0.591 bits per heavy atom. The molecule has 0 aliphatic heterocycles. The van der Waals surface area contributed by atoms with Gasteiger partial charge in [-0.05, 0) is 18.9 Å². The van der Waals surface area contributed by atoms with Gasteiger partial charge < -0.3 is 0 Å². The molecule has 6 N–H and O–H groups in total. The second-order valence-electron chi connectivity index (χ2n) is 6.79. The van der Waals surface area contributed by atoms with Crippen LogP contribution < -0.4 is 17.2 Å². The number of hydrogen-bond acceptors (Lipinski definition) is 3. The molecule has 0 aliphatic rings. The van der Waals surface area contributed by atoms with E-state index < -0.39 is 5.79 Å². The average molecular weight is 312 g/mol. The summed E-state index contributed by atoms with van der Waals surface area (Å²) in [5.74, 6) is -1.14. The summed E-state index contributed by atoms with van der Waals surface area (Å²) in [5.41, 5.74) is 16.4. The molecule has 3 nitrogen and oxygen atoms in total. The third kappa shape index (κ3) is 19.6. The van der Waals surface area contributed by atoms with Crippen molar-refractivity contribution in [3.05, 3.63) is 12.2 Å². The molecule has 0 amide bonds. The van der Waals surface area contributed by atoms with Gasteiger partial charge in [-0.2, -0.15) is 0 Å². The Hall–Kier alpha value is -0.380. The standard InChI is InChI=1S/C19H41N3/c1-2-3-4-5-6-7-8-9-10-11-12-13-14-15-16-17-18-19(20,21)22/h17-18H,2-16,20-22H2,1H3. The van der Waals surface area contributed by atoms with Gasteiger partial charge in [-0.3, -0.25) is 17.2 Å². The monoisotopic (exact) mass is 311 g/mol. The lowest BCUT2D eigenvalue weighted by atomic mass is 10.0. The molecule has 22 heavy (non-hydrogen) atoms. The Bertz CT molecular complexity index is 244. The topological polar surface area (TPSA) is 78.1 Å². The maximum atomic E-state index is 5.46. The predicted octanol–water partition coefficient (Wildman–Crippen LogP) is 4.94. The Morgan fingerprint density at radius 2 is 0.955 bits per heavy atom. The van der Waals surface area contributed by atoms with Crippen LogP contribution in [0.1, 0.15) is 103 Å². The zero-order valence-corrected chi connectivity index (χ0v) is 15.0. The van der Waals surface area contributed by atoms with Gasteiger partial charge in [0.25, 0.3) is 0 Å². The summed E-state index contributed by atoms with van der Waals surface area (Å²) in [5, 5.41) is 0. The van der Waals surface area contributed by atoms with E-state index in [9.17, 15) is 0 Å². The van der Waals surface area contributed by atoms with Gasteiger partial charge in [0, 0.05) is 0 Å². The lowest BCUT2D eigenvalue weighted by molar-refractivity contribution is 0.535. The Morgan fingerprint density at radius 3 is 1.32 bits per heavy atom. The summed E-state index contributed by atoms with van der Waals surface area (Å²) < 4.78 is 0. The SMILES string of the molecule is CCCCCCCCCCCCCCCCC=CC(N)(N)N. The van der Waals surface area contributed by atoms with Gasteiger partial charge >= 0.3 is 0 Å². The molecule has 132 valence electrons. The Balaban J connectivity index is 3.07. The number of allylic oxidation sites excluding steroid dienone is 1. The minimum Gasteiger partial charge on any atom is -0.298 e. The average Bonchev–Trinajstić information content (AvgIpc) is 2.45. The first-order valence-corrected chi connectivity index (χ1v) is 9.60. The van der Waals surface area contributed by atoms with E-state index in [1.54, 1.807) is 6.08 Å². The Kier molecular flexibility index (Phi) is 15.2. The summed E-state index contributed by atoms with van der Waals surface area (Å²) >= 11 is 0. The van der Waals surface area contributed by atoms with Crippen LogP contribution in [0.4, 0.5) is 0 Å². The molecule has 3 heteroatoms. The third-order valence-electron chi connectivity index (χ3n) is 4.13. The van der Waals surface area contributed by atoms with Crippen molar-refractivity contribution in [3.8, 4) is 0 Å². The first kappa shape index (κ1) is 21.6. The molecule has 0 aliphatic carbocycles. The van der Waals surface area contributed by atoms with E-state index in [0.29, 0.717) is 0 Å². The molecular weight excluding hydrogens is 270 g/mol. The molecule has 0 saturated carbocycles. The highest BCUT2D eigenvalue weighted by Crippen LogP contribution is 2.13. The lowest BCUT2D eigenvalue weighted by Crippen LogP contribution is -2.56. The molecule has 0 aromatic carbocycles. The second kappa shape index (κ2) is 15.5. The molecular formula is C19H41N3. The molecule has 0 bridgehead atoms. The predicted molar refractivity (Wildman–Crippen MR) is 99.4 cm³/mol. The maximum absolute atomic E-state index is 5.46. The van der Waals surface area contributed by atoms with Crippen LogP contribution in [0.5, 0.6) is 0 Å².